The Morgan fingerprint density at radius 1 is 1.25 bits per heavy atom. The quantitative estimate of drug-likeness (QED) is 0.534. The number of aromatic nitrogens is 1. The summed E-state index contributed by atoms with van der Waals surface area (Å²) in [5.74, 6) is -2.04. The van der Waals surface area contributed by atoms with Gasteiger partial charge in [0.15, 0.2) is 17.2 Å². The molecule has 0 unspecified atom stereocenters. The van der Waals surface area contributed by atoms with Crippen molar-refractivity contribution in [2.24, 2.45) is 11.7 Å². The molecule has 2 fully saturated rings. The SMILES string of the molecule is CC(=O)N1C[C@H](c2ccc(OC(F)F)c(OCC3CC3)c2)C[C@@H]1c1c(C(N)=O)cnc(C(=O)O)c1C. The molecule has 0 radical (unpaired) electrons. The molecule has 192 valence electrons. The van der Waals surface area contributed by atoms with Crippen LogP contribution in [0.15, 0.2) is 24.4 Å². The van der Waals surface area contributed by atoms with Crippen molar-refractivity contribution in [2.45, 2.75) is 51.7 Å². The normalized spacial score (nSPS) is 19.4. The lowest BCUT2D eigenvalue weighted by Crippen LogP contribution is -2.31. The highest BCUT2D eigenvalue weighted by Crippen LogP contribution is 2.45. The van der Waals surface area contributed by atoms with Gasteiger partial charge in [-0.2, -0.15) is 8.78 Å². The highest BCUT2D eigenvalue weighted by molar-refractivity contribution is 5.96. The molecule has 1 aliphatic heterocycles. The van der Waals surface area contributed by atoms with Gasteiger partial charge in [0, 0.05) is 25.6 Å². The molecule has 36 heavy (non-hydrogen) atoms. The first-order chi connectivity index (χ1) is 17.1. The molecule has 1 aromatic heterocycles. The van der Waals surface area contributed by atoms with Gasteiger partial charge in [-0.3, -0.25) is 9.59 Å². The second-order valence-corrected chi connectivity index (χ2v) is 9.19. The standard InChI is InChI=1S/C25H27F2N3O6/c1-12-21(17(23(28)32)9-29-22(12)24(33)34)18-7-16(10-30(18)13(2)31)15-5-6-19(36-25(26)27)20(8-15)35-11-14-3-4-14/h5-6,8-9,14,16,18,25H,3-4,7,10-11H2,1-2H3,(H2,28,32)(H,33,34)/t16-,18-/m1/s1. The van der Waals surface area contributed by atoms with E-state index in [4.69, 9.17) is 10.5 Å². The maximum absolute atomic E-state index is 12.9. The van der Waals surface area contributed by atoms with Crippen molar-refractivity contribution in [3.8, 4) is 11.5 Å². The van der Waals surface area contributed by atoms with E-state index in [1.54, 1.807) is 17.0 Å². The van der Waals surface area contributed by atoms with Crippen LogP contribution in [0.4, 0.5) is 8.78 Å². The van der Waals surface area contributed by atoms with Gasteiger partial charge in [0.05, 0.1) is 18.2 Å². The maximum atomic E-state index is 12.9. The molecule has 2 atom stereocenters. The number of carbonyl (C=O) groups is 3. The van der Waals surface area contributed by atoms with Gasteiger partial charge in [0.1, 0.15) is 0 Å². The summed E-state index contributed by atoms with van der Waals surface area (Å²) >= 11 is 0. The van der Waals surface area contributed by atoms with Crippen molar-refractivity contribution < 1.29 is 37.7 Å². The fraction of sp³-hybridized carbons (Fsp3) is 0.440. The molecule has 1 saturated carbocycles. The maximum Gasteiger partial charge on any atom is 0.387 e. The first-order valence-corrected chi connectivity index (χ1v) is 11.6. The van der Waals surface area contributed by atoms with Gasteiger partial charge in [-0.1, -0.05) is 6.07 Å². The molecule has 4 rings (SSSR count). The zero-order chi connectivity index (χ0) is 26.1. The number of pyridine rings is 1. The number of carboxylic acids is 1. The number of carboxylic acid groups (broad SMARTS) is 1. The van der Waals surface area contributed by atoms with E-state index in [1.807, 2.05) is 0 Å². The lowest BCUT2D eigenvalue weighted by atomic mass is 9.89. The van der Waals surface area contributed by atoms with Crippen LogP contribution in [0, 0.1) is 12.8 Å². The van der Waals surface area contributed by atoms with Crippen molar-refractivity contribution in [2.75, 3.05) is 13.2 Å². The Morgan fingerprint density at radius 2 is 1.97 bits per heavy atom. The molecular formula is C25H27F2N3O6. The molecule has 3 N–H and O–H groups in total. The number of alkyl halides is 2. The van der Waals surface area contributed by atoms with Crippen LogP contribution >= 0.6 is 0 Å². The van der Waals surface area contributed by atoms with E-state index in [-0.39, 0.29) is 46.7 Å². The number of hydrogen-bond donors (Lipinski definition) is 2. The largest absolute Gasteiger partial charge is 0.489 e. The molecular weight excluding hydrogens is 476 g/mol. The smallest absolute Gasteiger partial charge is 0.387 e. The molecule has 1 aromatic carbocycles. The van der Waals surface area contributed by atoms with Crippen LogP contribution < -0.4 is 15.2 Å². The lowest BCUT2D eigenvalue weighted by Gasteiger charge is -2.26. The Balaban J connectivity index is 1.71. The minimum Gasteiger partial charge on any atom is -0.489 e. The van der Waals surface area contributed by atoms with Crippen molar-refractivity contribution in [3.05, 3.63) is 52.3 Å². The average Bonchev–Trinajstić information content (AvgIpc) is 3.53. The first kappa shape index (κ1) is 25.3. The number of ether oxygens (including phenoxy) is 2. The zero-order valence-corrected chi connectivity index (χ0v) is 19.9. The van der Waals surface area contributed by atoms with E-state index in [1.165, 1.54) is 19.9 Å². The Kier molecular flexibility index (Phi) is 7.09. The Bertz CT molecular complexity index is 1200. The van der Waals surface area contributed by atoms with Crippen LogP contribution in [-0.4, -0.2) is 52.5 Å². The van der Waals surface area contributed by atoms with Gasteiger partial charge in [0.25, 0.3) is 5.91 Å². The zero-order valence-electron chi connectivity index (χ0n) is 19.9. The Labute approximate surface area is 206 Å². The van der Waals surface area contributed by atoms with Crippen molar-refractivity contribution in [1.29, 1.82) is 0 Å². The molecule has 11 heteroatoms. The van der Waals surface area contributed by atoms with Crippen LogP contribution in [0.5, 0.6) is 11.5 Å². The third-order valence-corrected chi connectivity index (χ3v) is 6.71. The second-order valence-electron chi connectivity index (χ2n) is 9.19. The number of halogens is 2. The van der Waals surface area contributed by atoms with Gasteiger partial charge < -0.3 is 25.2 Å². The highest BCUT2D eigenvalue weighted by Gasteiger charge is 2.39. The predicted octanol–water partition coefficient (Wildman–Crippen LogP) is 3.65. The van der Waals surface area contributed by atoms with E-state index < -0.39 is 24.5 Å². The molecule has 0 spiro atoms. The summed E-state index contributed by atoms with van der Waals surface area (Å²) in [7, 11) is 0. The molecule has 0 bridgehead atoms. The molecule has 1 saturated heterocycles. The van der Waals surface area contributed by atoms with Gasteiger partial charge in [-0.15, -0.1) is 0 Å². The summed E-state index contributed by atoms with van der Waals surface area (Å²) in [6, 6.07) is 4.07. The summed E-state index contributed by atoms with van der Waals surface area (Å²) in [6.07, 6.45) is 3.52. The fourth-order valence-electron chi connectivity index (χ4n) is 4.74. The number of nitrogens with two attached hydrogens (primary N) is 1. The number of hydrogen-bond acceptors (Lipinski definition) is 6. The Hall–Kier alpha value is -3.76. The topological polar surface area (TPSA) is 132 Å². The third kappa shape index (κ3) is 5.24. The summed E-state index contributed by atoms with van der Waals surface area (Å²) in [5.41, 5.74) is 6.71. The van der Waals surface area contributed by atoms with Gasteiger partial charge in [-0.05, 0) is 60.9 Å². The van der Waals surface area contributed by atoms with Gasteiger partial charge >= 0.3 is 12.6 Å². The van der Waals surface area contributed by atoms with E-state index in [0.717, 1.165) is 24.6 Å². The second kappa shape index (κ2) is 10.1. The fourth-order valence-corrected chi connectivity index (χ4v) is 4.74. The van der Waals surface area contributed by atoms with Crippen LogP contribution in [0.1, 0.15) is 75.7 Å². The lowest BCUT2D eigenvalue weighted by molar-refractivity contribution is -0.129. The minimum absolute atomic E-state index is 0.0449. The summed E-state index contributed by atoms with van der Waals surface area (Å²) in [6.45, 7) is 0.571. The number of rotatable bonds is 9. The predicted molar refractivity (Wildman–Crippen MR) is 123 cm³/mol. The molecule has 2 amide bonds. The van der Waals surface area contributed by atoms with Crippen LogP contribution in [-0.2, 0) is 4.79 Å². The Morgan fingerprint density at radius 3 is 2.56 bits per heavy atom. The first-order valence-electron chi connectivity index (χ1n) is 11.6. The summed E-state index contributed by atoms with van der Waals surface area (Å²) in [5, 5.41) is 9.54. The van der Waals surface area contributed by atoms with Crippen LogP contribution in [0.25, 0.3) is 0 Å². The number of carbonyl (C=O) groups excluding carboxylic acids is 2. The van der Waals surface area contributed by atoms with Crippen molar-refractivity contribution >= 4 is 17.8 Å². The monoisotopic (exact) mass is 503 g/mol. The van der Waals surface area contributed by atoms with Gasteiger partial charge in [-0.25, -0.2) is 9.78 Å². The number of aromatic carboxylic acids is 1. The van der Waals surface area contributed by atoms with Gasteiger partial charge in [0.2, 0.25) is 5.91 Å². The molecule has 2 aromatic rings. The summed E-state index contributed by atoms with van der Waals surface area (Å²) in [4.78, 5) is 41.9. The van der Waals surface area contributed by atoms with Crippen molar-refractivity contribution in [3.63, 3.8) is 0 Å². The van der Waals surface area contributed by atoms with Crippen molar-refractivity contribution in [1.82, 2.24) is 9.88 Å². The number of primary amides is 1. The van der Waals surface area contributed by atoms with E-state index in [0.29, 0.717) is 24.5 Å². The van der Waals surface area contributed by atoms with Crippen LogP contribution in [0.2, 0.25) is 0 Å². The minimum atomic E-state index is -3.01. The molecule has 2 heterocycles. The average molecular weight is 504 g/mol. The van der Waals surface area contributed by atoms with E-state index in [9.17, 15) is 28.3 Å². The molecule has 2 aliphatic rings. The number of amides is 2. The summed E-state index contributed by atoms with van der Waals surface area (Å²) < 4.78 is 36.2. The number of benzene rings is 1. The molecule has 9 nitrogen and oxygen atoms in total. The van der Waals surface area contributed by atoms with E-state index >= 15 is 0 Å². The molecule has 1 aliphatic carbocycles. The highest BCUT2D eigenvalue weighted by atomic mass is 19.3. The van der Waals surface area contributed by atoms with Crippen LogP contribution in [0.3, 0.4) is 0 Å². The third-order valence-electron chi connectivity index (χ3n) is 6.71. The number of likely N-dealkylation sites (tertiary alicyclic amines) is 1. The number of nitrogens with zero attached hydrogens (tertiary/aromatic N) is 2. The van der Waals surface area contributed by atoms with E-state index in [2.05, 4.69) is 9.72 Å².